The third-order valence-electron chi connectivity index (χ3n) is 3.77. The van der Waals surface area contributed by atoms with Crippen molar-refractivity contribution in [3.8, 4) is 0 Å². The average molecular weight is 380 g/mol. The summed E-state index contributed by atoms with van der Waals surface area (Å²) in [5.74, 6) is -4.30. The third-order valence-corrected chi connectivity index (χ3v) is 3.77. The summed E-state index contributed by atoms with van der Waals surface area (Å²) in [5, 5.41) is 11.4. The molecule has 2 aromatic rings. The summed E-state index contributed by atoms with van der Waals surface area (Å²) in [4.78, 5) is 36.7. The quantitative estimate of drug-likeness (QED) is 0.731. The van der Waals surface area contributed by atoms with Crippen LogP contribution in [0.1, 0.15) is 29.3 Å². The number of halogens is 2. The van der Waals surface area contributed by atoms with Gasteiger partial charge in [0.2, 0.25) is 5.91 Å². The lowest BCUT2D eigenvalue weighted by Gasteiger charge is -2.26. The standard InChI is InChI=1S/C18H18F2N2O5/c1-11(21-17(25)13-5-7-27-10-13)18(26)22(6-4-16(23)24)9-12-2-3-14(19)15(20)8-12/h2-3,5,7-8,10-11H,4,6,9H2,1H3,(H,21,25)(H,23,24). The number of hydrogen-bond donors (Lipinski definition) is 2. The van der Waals surface area contributed by atoms with Crippen LogP contribution in [-0.2, 0) is 16.1 Å². The number of amides is 2. The van der Waals surface area contributed by atoms with Crippen LogP contribution < -0.4 is 5.32 Å². The number of benzene rings is 1. The Morgan fingerprint density at radius 3 is 2.56 bits per heavy atom. The van der Waals surface area contributed by atoms with E-state index in [0.29, 0.717) is 5.56 Å². The minimum Gasteiger partial charge on any atom is -0.481 e. The van der Waals surface area contributed by atoms with Gasteiger partial charge in [-0.2, -0.15) is 0 Å². The molecule has 0 radical (unpaired) electrons. The fraction of sp³-hybridized carbons (Fsp3) is 0.278. The fourth-order valence-electron chi connectivity index (χ4n) is 2.37. The van der Waals surface area contributed by atoms with Crippen molar-refractivity contribution in [3.63, 3.8) is 0 Å². The van der Waals surface area contributed by atoms with Gasteiger partial charge in [0.25, 0.3) is 5.91 Å². The summed E-state index contributed by atoms with van der Waals surface area (Å²) in [6.07, 6.45) is 2.19. The summed E-state index contributed by atoms with van der Waals surface area (Å²) in [6.45, 7) is 1.16. The Bertz CT molecular complexity index is 823. The van der Waals surface area contributed by atoms with Crippen LogP contribution in [0.3, 0.4) is 0 Å². The van der Waals surface area contributed by atoms with Gasteiger partial charge in [0.15, 0.2) is 11.6 Å². The van der Waals surface area contributed by atoms with Gasteiger partial charge in [0, 0.05) is 13.1 Å². The Balaban J connectivity index is 2.10. The first-order valence-electron chi connectivity index (χ1n) is 8.05. The number of carboxylic acid groups (broad SMARTS) is 1. The largest absolute Gasteiger partial charge is 0.481 e. The molecule has 0 spiro atoms. The van der Waals surface area contributed by atoms with Gasteiger partial charge in [-0.3, -0.25) is 14.4 Å². The highest BCUT2D eigenvalue weighted by Gasteiger charge is 2.24. The molecule has 1 aromatic heterocycles. The van der Waals surface area contributed by atoms with Gasteiger partial charge in [0.1, 0.15) is 12.3 Å². The minimum absolute atomic E-state index is 0.130. The lowest BCUT2D eigenvalue weighted by molar-refractivity contribution is -0.139. The smallest absolute Gasteiger partial charge is 0.305 e. The van der Waals surface area contributed by atoms with E-state index < -0.39 is 35.5 Å². The molecule has 2 N–H and O–H groups in total. The van der Waals surface area contributed by atoms with E-state index in [4.69, 9.17) is 9.52 Å². The van der Waals surface area contributed by atoms with E-state index in [-0.39, 0.29) is 25.1 Å². The molecule has 0 saturated carbocycles. The molecule has 0 bridgehead atoms. The Kier molecular flexibility index (Phi) is 6.64. The van der Waals surface area contributed by atoms with Crippen LogP contribution in [0.15, 0.2) is 41.2 Å². The summed E-state index contributed by atoms with van der Waals surface area (Å²) in [5.41, 5.74) is 0.522. The number of nitrogens with one attached hydrogen (secondary N) is 1. The Morgan fingerprint density at radius 2 is 1.96 bits per heavy atom. The van der Waals surface area contributed by atoms with Crippen LogP contribution in [0, 0.1) is 11.6 Å². The average Bonchev–Trinajstić information content (AvgIpc) is 3.15. The van der Waals surface area contributed by atoms with Crippen molar-refractivity contribution in [2.45, 2.75) is 25.9 Å². The van der Waals surface area contributed by atoms with Crippen molar-refractivity contribution in [1.82, 2.24) is 10.2 Å². The highest BCUT2D eigenvalue weighted by molar-refractivity contribution is 5.97. The van der Waals surface area contributed by atoms with E-state index >= 15 is 0 Å². The molecule has 0 aliphatic rings. The van der Waals surface area contributed by atoms with Gasteiger partial charge in [-0.1, -0.05) is 6.07 Å². The molecule has 1 unspecified atom stereocenters. The van der Waals surface area contributed by atoms with Crippen LogP contribution in [0.25, 0.3) is 0 Å². The van der Waals surface area contributed by atoms with Crippen LogP contribution in [-0.4, -0.2) is 40.4 Å². The molecule has 2 rings (SSSR count). The van der Waals surface area contributed by atoms with Crippen LogP contribution in [0.5, 0.6) is 0 Å². The molecule has 0 fully saturated rings. The molecule has 0 aliphatic heterocycles. The number of nitrogens with zero attached hydrogens (tertiary/aromatic N) is 1. The molecule has 1 atom stereocenters. The van der Waals surface area contributed by atoms with Crippen molar-refractivity contribution in [1.29, 1.82) is 0 Å². The van der Waals surface area contributed by atoms with Crippen molar-refractivity contribution in [2.24, 2.45) is 0 Å². The molecule has 9 heteroatoms. The first kappa shape index (κ1) is 20.1. The molecular formula is C18H18F2N2O5. The highest BCUT2D eigenvalue weighted by Crippen LogP contribution is 2.13. The lowest BCUT2D eigenvalue weighted by Crippen LogP contribution is -2.47. The van der Waals surface area contributed by atoms with Crippen LogP contribution in [0.2, 0.25) is 0 Å². The van der Waals surface area contributed by atoms with Crippen molar-refractivity contribution < 1.29 is 32.7 Å². The molecule has 27 heavy (non-hydrogen) atoms. The molecule has 144 valence electrons. The SMILES string of the molecule is CC(NC(=O)c1ccoc1)C(=O)N(CCC(=O)O)Cc1ccc(F)c(F)c1. The van der Waals surface area contributed by atoms with Gasteiger partial charge < -0.3 is 19.7 Å². The number of carbonyl (C=O) groups excluding carboxylic acids is 2. The van der Waals surface area contributed by atoms with Crippen LogP contribution >= 0.6 is 0 Å². The predicted octanol–water partition coefficient (Wildman–Crippen LogP) is 2.18. The lowest BCUT2D eigenvalue weighted by atomic mass is 10.1. The van der Waals surface area contributed by atoms with E-state index in [9.17, 15) is 23.2 Å². The summed E-state index contributed by atoms with van der Waals surface area (Å²) in [6, 6.07) is 3.62. The minimum atomic E-state index is -1.12. The van der Waals surface area contributed by atoms with E-state index in [0.717, 1.165) is 12.1 Å². The molecule has 0 aliphatic carbocycles. The second kappa shape index (κ2) is 8.93. The second-order valence-corrected chi connectivity index (χ2v) is 5.86. The Labute approximate surface area is 153 Å². The molecule has 1 heterocycles. The van der Waals surface area contributed by atoms with Gasteiger partial charge in [-0.05, 0) is 30.7 Å². The predicted molar refractivity (Wildman–Crippen MR) is 89.7 cm³/mol. The van der Waals surface area contributed by atoms with Crippen molar-refractivity contribution in [2.75, 3.05) is 6.54 Å². The maximum atomic E-state index is 13.4. The summed E-state index contributed by atoms with van der Waals surface area (Å²) < 4.78 is 31.3. The number of carbonyl (C=O) groups is 3. The number of aliphatic carboxylic acids is 1. The Hall–Kier alpha value is -3.23. The van der Waals surface area contributed by atoms with Crippen molar-refractivity contribution >= 4 is 17.8 Å². The summed E-state index contributed by atoms with van der Waals surface area (Å²) >= 11 is 0. The number of furan rings is 1. The molecular weight excluding hydrogens is 362 g/mol. The van der Waals surface area contributed by atoms with E-state index in [1.165, 1.54) is 36.5 Å². The molecule has 2 amide bonds. The molecule has 0 saturated heterocycles. The molecule has 1 aromatic carbocycles. The normalized spacial score (nSPS) is 11.7. The topological polar surface area (TPSA) is 99.9 Å². The summed E-state index contributed by atoms with van der Waals surface area (Å²) in [7, 11) is 0. The fourth-order valence-corrected chi connectivity index (χ4v) is 2.37. The zero-order valence-electron chi connectivity index (χ0n) is 14.4. The monoisotopic (exact) mass is 380 g/mol. The van der Waals surface area contributed by atoms with Gasteiger partial charge in [-0.25, -0.2) is 8.78 Å². The maximum Gasteiger partial charge on any atom is 0.305 e. The maximum absolute atomic E-state index is 13.4. The number of carboxylic acids is 1. The van der Waals surface area contributed by atoms with E-state index in [1.54, 1.807) is 0 Å². The number of hydrogen-bond acceptors (Lipinski definition) is 4. The van der Waals surface area contributed by atoms with Crippen molar-refractivity contribution in [3.05, 3.63) is 59.6 Å². The zero-order valence-corrected chi connectivity index (χ0v) is 14.4. The first-order valence-corrected chi connectivity index (χ1v) is 8.05. The van der Waals surface area contributed by atoms with E-state index in [1.807, 2.05) is 0 Å². The zero-order chi connectivity index (χ0) is 20.0. The van der Waals surface area contributed by atoms with Gasteiger partial charge in [0.05, 0.1) is 18.2 Å². The second-order valence-electron chi connectivity index (χ2n) is 5.86. The molecule has 7 nitrogen and oxygen atoms in total. The van der Waals surface area contributed by atoms with Gasteiger partial charge in [-0.15, -0.1) is 0 Å². The number of rotatable bonds is 8. The van der Waals surface area contributed by atoms with Gasteiger partial charge >= 0.3 is 5.97 Å². The third kappa shape index (κ3) is 5.63. The first-order chi connectivity index (χ1) is 12.8. The Morgan fingerprint density at radius 1 is 1.22 bits per heavy atom. The van der Waals surface area contributed by atoms with Crippen LogP contribution in [0.4, 0.5) is 8.78 Å². The highest BCUT2D eigenvalue weighted by atomic mass is 19.2. The van der Waals surface area contributed by atoms with E-state index in [2.05, 4.69) is 5.32 Å².